The molecule has 0 spiro atoms. The van der Waals surface area contributed by atoms with E-state index < -0.39 is 5.97 Å². The Kier molecular flexibility index (Phi) is 3.89. The van der Waals surface area contributed by atoms with Gasteiger partial charge >= 0.3 is 5.97 Å². The Balaban J connectivity index is 1.85. The molecule has 2 aromatic heterocycles. The van der Waals surface area contributed by atoms with E-state index in [1.165, 1.54) is 13.4 Å². The van der Waals surface area contributed by atoms with Crippen LogP contribution < -0.4 is 10.1 Å². The zero-order valence-electron chi connectivity index (χ0n) is 14.2. The number of rotatable bonds is 4. The summed E-state index contributed by atoms with van der Waals surface area (Å²) in [6.45, 7) is 0. The third-order valence-electron chi connectivity index (χ3n) is 4.17. The van der Waals surface area contributed by atoms with E-state index in [-0.39, 0.29) is 0 Å². The van der Waals surface area contributed by atoms with Crippen LogP contribution in [0.25, 0.3) is 21.9 Å². The largest absolute Gasteiger partial charge is 0.497 e. The van der Waals surface area contributed by atoms with E-state index in [0.29, 0.717) is 17.1 Å². The molecular formula is C19H16N4O3. The lowest BCUT2D eigenvalue weighted by Crippen LogP contribution is -2.06. The molecule has 2 heterocycles. The third-order valence-corrected chi connectivity index (χ3v) is 4.17. The summed E-state index contributed by atoms with van der Waals surface area (Å²) < 4.78 is 10.1. The van der Waals surface area contributed by atoms with Gasteiger partial charge in [-0.15, -0.1) is 0 Å². The number of nitrogens with zero attached hydrogens (tertiary/aromatic N) is 2. The van der Waals surface area contributed by atoms with Gasteiger partial charge in [-0.05, 0) is 30.3 Å². The molecule has 7 nitrogen and oxygen atoms in total. The number of methoxy groups -OCH3 is 2. The van der Waals surface area contributed by atoms with Gasteiger partial charge in [0.05, 0.1) is 25.5 Å². The molecule has 2 N–H and O–H groups in total. The van der Waals surface area contributed by atoms with Gasteiger partial charge in [0, 0.05) is 10.9 Å². The van der Waals surface area contributed by atoms with Crippen LogP contribution in [0.5, 0.6) is 5.75 Å². The molecule has 2 aromatic carbocycles. The monoisotopic (exact) mass is 348 g/mol. The fourth-order valence-corrected chi connectivity index (χ4v) is 2.90. The van der Waals surface area contributed by atoms with Crippen LogP contribution in [0.2, 0.25) is 0 Å². The Morgan fingerprint density at radius 3 is 2.77 bits per heavy atom. The molecule has 0 aliphatic rings. The molecule has 0 bridgehead atoms. The molecule has 0 atom stereocenters. The predicted octanol–water partition coefficient (Wildman–Crippen LogP) is 3.65. The molecule has 0 aliphatic carbocycles. The first kappa shape index (κ1) is 15.9. The highest BCUT2D eigenvalue weighted by molar-refractivity contribution is 6.09. The predicted molar refractivity (Wildman–Crippen MR) is 99.0 cm³/mol. The maximum Gasteiger partial charge on any atom is 0.339 e. The Bertz CT molecular complexity index is 1120. The van der Waals surface area contributed by atoms with Crippen molar-refractivity contribution in [3.05, 3.63) is 54.4 Å². The van der Waals surface area contributed by atoms with E-state index in [4.69, 9.17) is 9.47 Å². The van der Waals surface area contributed by atoms with Crippen molar-refractivity contribution in [1.29, 1.82) is 0 Å². The quantitative estimate of drug-likeness (QED) is 0.547. The molecule has 0 fully saturated rings. The highest BCUT2D eigenvalue weighted by Gasteiger charge is 2.15. The number of aromatic amines is 1. The average Bonchev–Trinajstić information content (AvgIpc) is 3.06. The number of carbonyl (C=O) groups excluding carboxylic acids is 1. The summed E-state index contributed by atoms with van der Waals surface area (Å²) >= 11 is 0. The minimum atomic E-state index is -0.417. The number of benzene rings is 2. The summed E-state index contributed by atoms with van der Waals surface area (Å²) in [6, 6.07) is 12.8. The lowest BCUT2D eigenvalue weighted by Gasteiger charge is -2.10. The van der Waals surface area contributed by atoms with Gasteiger partial charge in [-0.1, -0.05) is 12.1 Å². The van der Waals surface area contributed by atoms with E-state index in [2.05, 4.69) is 20.3 Å². The van der Waals surface area contributed by atoms with E-state index in [1.807, 2.05) is 24.3 Å². The van der Waals surface area contributed by atoms with E-state index in [9.17, 15) is 4.79 Å². The van der Waals surface area contributed by atoms with Gasteiger partial charge in [0.1, 0.15) is 23.1 Å². The Labute approximate surface area is 149 Å². The van der Waals surface area contributed by atoms with Crippen LogP contribution in [0.4, 0.5) is 11.5 Å². The fourth-order valence-electron chi connectivity index (χ4n) is 2.90. The summed E-state index contributed by atoms with van der Waals surface area (Å²) in [5.41, 5.74) is 3.48. The smallest absolute Gasteiger partial charge is 0.339 e. The second-order valence-electron chi connectivity index (χ2n) is 5.64. The molecule has 0 saturated heterocycles. The summed E-state index contributed by atoms with van der Waals surface area (Å²) in [6.07, 6.45) is 1.48. The van der Waals surface area contributed by atoms with Crippen LogP contribution in [0, 0.1) is 0 Å². The number of aromatic nitrogens is 3. The first-order valence-corrected chi connectivity index (χ1v) is 7.96. The van der Waals surface area contributed by atoms with Crippen molar-refractivity contribution >= 4 is 39.4 Å². The fraction of sp³-hybridized carbons (Fsp3) is 0.105. The van der Waals surface area contributed by atoms with Gasteiger partial charge in [-0.25, -0.2) is 14.8 Å². The number of carbonyl (C=O) groups is 1. The Morgan fingerprint density at radius 2 is 1.96 bits per heavy atom. The number of fused-ring (bicyclic) bond motifs is 3. The van der Waals surface area contributed by atoms with E-state index >= 15 is 0 Å². The van der Waals surface area contributed by atoms with Crippen LogP contribution >= 0.6 is 0 Å². The Morgan fingerprint density at radius 1 is 1.12 bits per heavy atom. The van der Waals surface area contributed by atoms with Crippen molar-refractivity contribution < 1.29 is 14.3 Å². The number of hydrogen-bond acceptors (Lipinski definition) is 6. The lowest BCUT2D eigenvalue weighted by molar-refractivity contribution is 0.0602. The topological polar surface area (TPSA) is 89.1 Å². The van der Waals surface area contributed by atoms with Gasteiger partial charge in [0.15, 0.2) is 5.82 Å². The maximum absolute atomic E-state index is 12.0. The van der Waals surface area contributed by atoms with E-state index in [0.717, 1.165) is 27.7 Å². The van der Waals surface area contributed by atoms with Crippen molar-refractivity contribution in [3.63, 3.8) is 0 Å². The SMILES string of the molecule is COC(=O)c1ccccc1Nc1ncnc2c1[nH]c1ccc(OC)cc12. The van der Waals surface area contributed by atoms with Crippen molar-refractivity contribution in [1.82, 2.24) is 15.0 Å². The number of nitrogens with one attached hydrogen (secondary N) is 2. The second kappa shape index (κ2) is 6.36. The summed E-state index contributed by atoms with van der Waals surface area (Å²) in [5, 5.41) is 4.14. The summed E-state index contributed by atoms with van der Waals surface area (Å²) in [7, 11) is 2.98. The van der Waals surface area contributed by atoms with Crippen molar-refractivity contribution in [2.24, 2.45) is 0 Å². The lowest BCUT2D eigenvalue weighted by atomic mass is 10.1. The molecular weight excluding hydrogens is 332 g/mol. The molecule has 0 radical (unpaired) electrons. The third kappa shape index (κ3) is 2.59. The van der Waals surface area contributed by atoms with Gasteiger partial charge in [0.2, 0.25) is 0 Å². The minimum absolute atomic E-state index is 0.417. The van der Waals surface area contributed by atoms with Crippen molar-refractivity contribution in [3.8, 4) is 5.75 Å². The van der Waals surface area contributed by atoms with Crippen molar-refractivity contribution in [2.75, 3.05) is 19.5 Å². The summed E-state index contributed by atoms with van der Waals surface area (Å²) in [5.74, 6) is 0.906. The van der Waals surface area contributed by atoms with Gasteiger partial charge < -0.3 is 19.8 Å². The van der Waals surface area contributed by atoms with Gasteiger partial charge in [0.25, 0.3) is 0 Å². The van der Waals surface area contributed by atoms with Gasteiger partial charge in [-0.2, -0.15) is 0 Å². The normalized spacial score (nSPS) is 10.8. The summed E-state index contributed by atoms with van der Waals surface area (Å²) in [4.78, 5) is 24.0. The number of esters is 1. The first-order valence-electron chi connectivity index (χ1n) is 7.96. The number of hydrogen-bond donors (Lipinski definition) is 2. The molecule has 4 rings (SSSR count). The molecule has 0 aliphatic heterocycles. The zero-order chi connectivity index (χ0) is 18.1. The van der Waals surface area contributed by atoms with Crippen LogP contribution in [0.15, 0.2) is 48.8 Å². The second-order valence-corrected chi connectivity index (χ2v) is 5.64. The first-order chi connectivity index (χ1) is 12.7. The van der Waals surface area contributed by atoms with Crippen LogP contribution in [-0.2, 0) is 4.74 Å². The average molecular weight is 348 g/mol. The molecule has 0 unspecified atom stereocenters. The van der Waals surface area contributed by atoms with Crippen molar-refractivity contribution in [2.45, 2.75) is 0 Å². The highest BCUT2D eigenvalue weighted by Crippen LogP contribution is 2.31. The number of ether oxygens (including phenoxy) is 2. The molecule has 4 aromatic rings. The molecule has 7 heteroatoms. The number of H-pyrrole nitrogens is 1. The van der Waals surface area contributed by atoms with Crippen LogP contribution in [0.1, 0.15) is 10.4 Å². The minimum Gasteiger partial charge on any atom is -0.497 e. The van der Waals surface area contributed by atoms with Crippen LogP contribution in [0.3, 0.4) is 0 Å². The highest BCUT2D eigenvalue weighted by atomic mass is 16.5. The molecule has 0 saturated carbocycles. The zero-order valence-corrected chi connectivity index (χ0v) is 14.2. The molecule has 0 amide bonds. The maximum atomic E-state index is 12.0. The number of para-hydroxylation sites is 1. The van der Waals surface area contributed by atoms with Gasteiger partial charge in [-0.3, -0.25) is 0 Å². The number of anilines is 2. The Hall–Kier alpha value is -3.61. The molecule has 130 valence electrons. The van der Waals surface area contributed by atoms with E-state index in [1.54, 1.807) is 25.3 Å². The van der Waals surface area contributed by atoms with Crippen LogP contribution in [-0.4, -0.2) is 35.1 Å². The standard InChI is InChI=1S/C19H16N4O3/c1-25-11-7-8-15-13(9-11)16-17(22-15)18(21-10-20-16)23-14-6-4-3-5-12(14)19(24)26-2/h3-10,22H,1-2H3,(H,20,21,23). The molecule has 26 heavy (non-hydrogen) atoms.